The van der Waals surface area contributed by atoms with Crippen molar-refractivity contribution in [2.45, 2.75) is 59.4 Å². The number of aryl methyl sites for hydroxylation is 1. The summed E-state index contributed by atoms with van der Waals surface area (Å²) < 4.78 is 2.14. The molecular formula is C15H23N3. The lowest BCUT2D eigenvalue weighted by atomic mass is 9.79. The van der Waals surface area contributed by atoms with Crippen LogP contribution in [0.5, 0.6) is 0 Å². The number of rotatable bonds is 2. The summed E-state index contributed by atoms with van der Waals surface area (Å²) >= 11 is 0. The van der Waals surface area contributed by atoms with Crippen molar-refractivity contribution in [2.75, 3.05) is 0 Å². The molecule has 1 aromatic rings. The second-order valence-electron chi connectivity index (χ2n) is 5.67. The molecule has 0 amide bonds. The summed E-state index contributed by atoms with van der Waals surface area (Å²) in [6, 6.07) is 2.76. The number of hydrogen-bond donors (Lipinski definition) is 0. The quantitative estimate of drug-likeness (QED) is 0.799. The average molecular weight is 245 g/mol. The number of nitrogens with zero attached hydrogens (tertiary/aromatic N) is 3. The van der Waals surface area contributed by atoms with Crippen molar-refractivity contribution in [3.63, 3.8) is 0 Å². The van der Waals surface area contributed by atoms with Gasteiger partial charge in [0.15, 0.2) is 0 Å². The van der Waals surface area contributed by atoms with Crippen molar-refractivity contribution in [2.24, 2.45) is 11.8 Å². The Balaban J connectivity index is 2.37. The van der Waals surface area contributed by atoms with E-state index in [2.05, 4.69) is 38.4 Å². The van der Waals surface area contributed by atoms with Crippen molar-refractivity contribution >= 4 is 0 Å². The molecule has 1 heterocycles. The maximum Gasteiger partial charge on any atom is 0.0688 e. The van der Waals surface area contributed by atoms with Gasteiger partial charge in [0, 0.05) is 5.69 Å². The fourth-order valence-electron chi connectivity index (χ4n) is 3.30. The number of nitriles is 1. The van der Waals surface area contributed by atoms with Gasteiger partial charge >= 0.3 is 0 Å². The maximum absolute atomic E-state index is 9.34. The summed E-state index contributed by atoms with van der Waals surface area (Å²) in [7, 11) is 0. The van der Waals surface area contributed by atoms with Crippen LogP contribution in [0.3, 0.4) is 0 Å². The van der Waals surface area contributed by atoms with E-state index in [9.17, 15) is 5.26 Å². The van der Waals surface area contributed by atoms with Gasteiger partial charge in [-0.1, -0.05) is 13.8 Å². The van der Waals surface area contributed by atoms with Gasteiger partial charge in [0.2, 0.25) is 0 Å². The Kier molecular flexibility index (Phi) is 3.75. The van der Waals surface area contributed by atoms with Gasteiger partial charge in [0.25, 0.3) is 0 Å². The molecule has 1 fully saturated rings. The highest BCUT2D eigenvalue weighted by molar-refractivity contribution is 5.25. The molecule has 0 bridgehead atoms. The molecule has 18 heavy (non-hydrogen) atoms. The van der Waals surface area contributed by atoms with E-state index in [4.69, 9.17) is 5.10 Å². The van der Waals surface area contributed by atoms with Crippen LogP contribution in [-0.2, 0) is 6.42 Å². The van der Waals surface area contributed by atoms with Gasteiger partial charge in [-0.05, 0) is 51.0 Å². The average Bonchev–Trinajstić information content (AvgIpc) is 2.64. The third-order valence-corrected chi connectivity index (χ3v) is 4.39. The molecule has 3 heteroatoms. The molecule has 0 radical (unpaired) electrons. The van der Waals surface area contributed by atoms with Crippen LogP contribution in [0.4, 0.5) is 0 Å². The van der Waals surface area contributed by atoms with Crippen LogP contribution in [0.15, 0.2) is 0 Å². The first-order valence-electron chi connectivity index (χ1n) is 7.02. The zero-order valence-corrected chi connectivity index (χ0v) is 11.9. The summed E-state index contributed by atoms with van der Waals surface area (Å²) in [4.78, 5) is 0. The summed E-state index contributed by atoms with van der Waals surface area (Å²) in [5.74, 6) is 0.831. The molecule has 1 aliphatic carbocycles. The van der Waals surface area contributed by atoms with Gasteiger partial charge in [0.1, 0.15) is 0 Å². The molecule has 1 aromatic heterocycles. The minimum Gasteiger partial charge on any atom is -0.265 e. The van der Waals surface area contributed by atoms with E-state index in [-0.39, 0.29) is 12.0 Å². The second-order valence-corrected chi connectivity index (χ2v) is 5.67. The Morgan fingerprint density at radius 2 is 2.11 bits per heavy atom. The van der Waals surface area contributed by atoms with Crippen LogP contribution >= 0.6 is 0 Å². The fourth-order valence-corrected chi connectivity index (χ4v) is 3.30. The van der Waals surface area contributed by atoms with E-state index in [1.807, 2.05) is 0 Å². The SMILES string of the molecule is CCc1c(C)nn(C2CC(C)CCC2C#N)c1C. The molecule has 2 rings (SSSR count). The van der Waals surface area contributed by atoms with E-state index >= 15 is 0 Å². The molecular weight excluding hydrogens is 222 g/mol. The lowest BCUT2D eigenvalue weighted by molar-refractivity contribution is 0.215. The Bertz CT molecular complexity index is 467. The Hall–Kier alpha value is -1.30. The summed E-state index contributed by atoms with van der Waals surface area (Å²) in [6.07, 6.45) is 4.30. The molecule has 0 N–H and O–H groups in total. The van der Waals surface area contributed by atoms with Gasteiger partial charge in [-0.15, -0.1) is 0 Å². The Morgan fingerprint density at radius 3 is 2.67 bits per heavy atom. The van der Waals surface area contributed by atoms with Crippen molar-refractivity contribution in [1.29, 1.82) is 5.26 Å². The molecule has 3 atom stereocenters. The predicted octanol–water partition coefficient (Wildman–Crippen LogP) is 3.56. The molecule has 3 nitrogen and oxygen atoms in total. The smallest absolute Gasteiger partial charge is 0.0688 e. The summed E-state index contributed by atoms with van der Waals surface area (Å²) in [6.45, 7) is 8.68. The molecule has 0 aromatic carbocycles. The van der Waals surface area contributed by atoms with Crippen molar-refractivity contribution in [3.05, 3.63) is 17.0 Å². The van der Waals surface area contributed by atoms with Gasteiger partial charge in [-0.2, -0.15) is 10.4 Å². The second kappa shape index (κ2) is 5.14. The highest BCUT2D eigenvalue weighted by Gasteiger charge is 2.32. The minimum atomic E-state index is 0.129. The third kappa shape index (κ3) is 2.16. The lowest BCUT2D eigenvalue weighted by Crippen LogP contribution is -2.27. The van der Waals surface area contributed by atoms with Crippen molar-refractivity contribution < 1.29 is 0 Å². The van der Waals surface area contributed by atoms with Crippen LogP contribution in [0, 0.1) is 37.0 Å². The van der Waals surface area contributed by atoms with Crippen LogP contribution in [0.25, 0.3) is 0 Å². The normalized spacial score (nSPS) is 28.1. The van der Waals surface area contributed by atoms with Crippen molar-refractivity contribution in [3.8, 4) is 6.07 Å². The predicted molar refractivity (Wildman–Crippen MR) is 72.2 cm³/mol. The first-order valence-corrected chi connectivity index (χ1v) is 7.02. The third-order valence-electron chi connectivity index (χ3n) is 4.39. The van der Waals surface area contributed by atoms with Gasteiger partial charge in [-0.25, -0.2) is 0 Å². The lowest BCUT2D eigenvalue weighted by Gasteiger charge is -2.32. The maximum atomic E-state index is 9.34. The molecule has 1 aliphatic rings. The van der Waals surface area contributed by atoms with Gasteiger partial charge in [-0.3, -0.25) is 4.68 Å². The van der Waals surface area contributed by atoms with Crippen LogP contribution < -0.4 is 0 Å². The Labute approximate surface area is 110 Å². The van der Waals surface area contributed by atoms with Crippen molar-refractivity contribution in [1.82, 2.24) is 9.78 Å². The fraction of sp³-hybridized carbons (Fsp3) is 0.733. The van der Waals surface area contributed by atoms with E-state index in [0.717, 1.165) is 25.0 Å². The zero-order valence-electron chi connectivity index (χ0n) is 11.9. The van der Waals surface area contributed by atoms with Gasteiger partial charge in [0.05, 0.1) is 23.7 Å². The molecule has 0 saturated heterocycles. The highest BCUT2D eigenvalue weighted by atomic mass is 15.3. The molecule has 3 unspecified atom stereocenters. The zero-order chi connectivity index (χ0) is 13.3. The number of hydrogen-bond acceptors (Lipinski definition) is 2. The van der Waals surface area contributed by atoms with E-state index < -0.39 is 0 Å². The van der Waals surface area contributed by atoms with Crippen LogP contribution in [0.2, 0.25) is 0 Å². The molecule has 0 aliphatic heterocycles. The molecule has 98 valence electrons. The van der Waals surface area contributed by atoms with Gasteiger partial charge < -0.3 is 0 Å². The van der Waals surface area contributed by atoms with E-state index in [1.165, 1.54) is 17.7 Å². The number of aromatic nitrogens is 2. The standard InChI is InChI=1S/C15H23N3/c1-5-14-11(3)17-18(12(14)4)15-8-10(2)6-7-13(15)9-16/h10,13,15H,5-8H2,1-4H3. The summed E-state index contributed by atoms with van der Waals surface area (Å²) in [5.41, 5.74) is 3.74. The largest absolute Gasteiger partial charge is 0.265 e. The van der Waals surface area contributed by atoms with E-state index in [0.29, 0.717) is 5.92 Å². The first kappa shape index (κ1) is 13.1. The molecule has 1 saturated carbocycles. The molecule has 0 spiro atoms. The highest BCUT2D eigenvalue weighted by Crippen LogP contribution is 2.37. The monoisotopic (exact) mass is 245 g/mol. The Morgan fingerprint density at radius 1 is 1.39 bits per heavy atom. The summed E-state index contributed by atoms with van der Waals surface area (Å²) in [5, 5.41) is 14.0. The van der Waals surface area contributed by atoms with E-state index in [1.54, 1.807) is 0 Å². The topological polar surface area (TPSA) is 41.6 Å². The van der Waals surface area contributed by atoms with Crippen LogP contribution in [0.1, 0.15) is 56.1 Å². The minimum absolute atomic E-state index is 0.129. The van der Waals surface area contributed by atoms with Crippen LogP contribution in [-0.4, -0.2) is 9.78 Å². The first-order chi connectivity index (χ1) is 8.58.